The van der Waals surface area contributed by atoms with Crippen LogP contribution >= 0.6 is 0 Å². The number of ether oxygens (including phenoxy) is 1. The van der Waals surface area contributed by atoms with Crippen LogP contribution in [0.5, 0.6) is 5.75 Å². The highest BCUT2D eigenvalue weighted by molar-refractivity contribution is 5.95. The molecule has 2 aromatic heterocycles. The molecule has 1 amide bonds. The maximum absolute atomic E-state index is 12.7. The van der Waals surface area contributed by atoms with Gasteiger partial charge in [0.15, 0.2) is 0 Å². The molecule has 2 N–H and O–H groups in total. The fraction of sp³-hybridized carbons (Fsp3) is 0.143. The Morgan fingerprint density at radius 3 is 2.69 bits per heavy atom. The number of nitrogens with zero attached hydrogens (tertiary/aromatic N) is 3. The SMILES string of the molecule is COc1ccc(-c2ccc(=O)n(C(C)C(=O)Nc3ccc4cn[nH]c4c3)n2)cc1. The van der Waals surface area contributed by atoms with Crippen molar-refractivity contribution in [1.29, 1.82) is 0 Å². The van der Waals surface area contributed by atoms with E-state index in [1.54, 1.807) is 38.4 Å². The van der Waals surface area contributed by atoms with Crippen LogP contribution in [0.2, 0.25) is 0 Å². The molecule has 1 atom stereocenters. The summed E-state index contributed by atoms with van der Waals surface area (Å²) >= 11 is 0. The Labute approximate surface area is 166 Å². The molecule has 0 aliphatic heterocycles. The minimum Gasteiger partial charge on any atom is -0.497 e. The zero-order valence-electron chi connectivity index (χ0n) is 15.9. The Morgan fingerprint density at radius 1 is 1.14 bits per heavy atom. The van der Waals surface area contributed by atoms with Crippen LogP contribution in [-0.2, 0) is 4.79 Å². The highest BCUT2D eigenvalue weighted by Gasteiger charge is 2.18. The van der Waals surface area contributed by atoms with Crippen molar-refractivity contribution in [2.24, 2.45) is 0 Å². The molecule has 29 heavy (non-hydrogen) atoms. The lowest BCUT2D eigenvalue weighted by molar-refractivity contribution is -0.119. The fourth-order valence-electron chi connectivity index (χ4n) is 2.99. The number of hydrogen-bond donors (Lipinski definition) is 2. The average Bonchev–Trinajstić information content (AvgIpc) is 3.21. The van der Waals surface area contributed by atoms with E-state index in [0.29, 0.717) is 11.4 Å². The van der Waals surface area contributed by atoms with Gasteiger partial charge in [0.2, 0.25) is 5.91 Å². The standard InChI is InChI=1S/C21H19N5O3/c1-13(21(28)23-16-6-3-15-12-22-24-19(15)11-16)26-20(27)10-9-18(25-26)14-4-7-17(29-2)8-5-14/h3-13H,1-2H3,(H,22,24)(H,23,28). The zero-order chi connectivity index (χ0) is 20.4. The Hall–Kier alpha value is -3.94. The number of methoxy groups -OCH3 is 1. The fourth-order valence-corrected chi connectivity index (χ4v) is 2.99. The third-order valence-electron chi connectivity index (χ3n) is 4.67. The van der Waals surface area contributed by atoms with Crippen molar-refractivity contribution in [3.63, 3.8) is 0 Å². The van der Waals surface area contributed by atoms with Crippen molar-refractivity contribution in [2.75, 3.05) is 12.4 Å². The summed E-state index contributed by atoms with van der Waals surface area (Å²) in [7, 11) is 1.60. The quantitative estimate of drug-likeness (QED) is 0.546. The van der Waals surface area contributed by atoms with Crippen LogP contribution in [0.3, 0.4) is 0 Å². The van der Waals surface area contributed by atoms with E-state index >= 15 is 0 Å². The monoisotopic (exact) mass is 389 g/mol. The van der Waals surface area contributed by atoms with Gasteiger partial charge in [-0.2, -0.15) is 10.2 Å². The molecule has 8 nitrogen and oxygen atoms in total. The number of anilines is 1. The molecule has 0 aliphatic carbocycles. The molecule has 8 heteroatoms. The second-order valence-electron chi connectivity index (χ2n) is 6.57. The van der Waals surface area contributed by atoms with Gasteiger partial charge in [-0.25, -0.2) is 4.68 Å². The third kappa shape index (κ3) is 3.73. The van der Waals surface area contributed by atoms with Gasteiger partial charge in [-0.15, -0.1) is 0 Å². The van der Waals surface area contributed by atoms with Gasteiger partial charge in [-0.05, 0) is 55.5 Å². The van der Waals surface area contributed by atoms with Crippen LogP contribution in [-0.4, -0.2) is 33.0 Å². The molecule has 0 bridgehead atoms. The van der Waals surface area contributed by atoms with Gasteiger partial charge in [0, 0.05) is 22.7 Å². The molecule has 0 aliphatic rings. The second-order valence-corrected chi connectivity index (χ2v) is 6.57. The Bertz CT molecular complexity index is 1230. The lowest BCUT2D eigenvalue weighted by Gasteiger charge is -2.15. The molecule has 0 saturated heterocycles. The normalized spacial score (nSPS) is 11.9. The molecule has 4 aromatic rings. The second kappa shape index (κ2) is 7.59. The number of rotatable bonds is 5. The van der Waals surface area contributed by atoms with E-state index in [2.05, 4.69) is 20.6 Å². The summed E-state index contributed by atoms with van der Waals surface area (Å²) in [6.45, 7) is 1.64. The highest BCUT2D eigenvalue weighted by atomic mass is 16.5. The first-order valence-electron chi connectivity index (χ1n) is 9.03. The van der Waals surface area contributed by atoms with Crippen molar-refractivity contribution < 1.29 is 9.53 Å². The van der Waals surface area contributed by atoms with Crippen molar-refractivity contribution in [1.82, 2.24) is 20.0 Å². The van der Waals surface area contributed by atoms with Gasteiger partial charge < -0.3 is 10.1 Å². The summed E-state index contributed by atoms with van der Waals surface area (Å²) in [6.07, 6.45) is 1.71. The van der Waals surface area contributed by atoms with Crippen LogP contribution < -0.4 is 15.6 Å². The molecule has 2 aromatic carbocycles. The van der Waals surface area contributed by atoms with Crippen molar-refractivity contribution in [3.8, 4) is 17.0 Å². The number of aromatic nitrogens is 4. The van der Waals surface area contributed by atoms with Crippen molar-refractivity contribution in [2.45, 2.75) is 13.0 Å². The predicted molar refractivity (Wildman–Crippen MR) is 110 cm³/mol. The van der Waals surface area contributed by atoms with Crippen LogP contribution in [0.1, 0.15) is 13.0 Å². The maximum Gasteiger partial charge on any atom is 0.267 e. The molecule has 0 fully saturated rings. The summed E-state index contributed by atoms with van der Waals surface area (Å²) in [5.41, 5.74) is 2.47. The van der Waals surface area contributed by atoms with Crippen LogP contribution in [0.25, 0.3) is 22.2 Å². The first-order valence-corrected chi connectivity index (χ1v) is 9.03. The molecule has 2 heterocycles. The van der Waals surface area contributed by atoms with Gasteiger partial charge >= 0.3 is 0 Å². The van der Waals surface area contributed by atoms with Crippen LogP contribution in [0, 0.1) is 0 Å². The maximum atomic E-state index is 12.7. The van der Waals surface area contributed by atoms with E-state index in [1.807, 2.05) is 30.3 Å². The lowest BCUT2D eigenvalue weighted by atomic mass is 10.1. The van der Waals surface area contributed by atoms with Gasteiger partial charge in [0.1, 0.15) is 11.8 Å². The Kier molecular flexibility index (Phi) is 4.82. The largest absolute Gasteiger partial charge is 0.497 e. The molecule has 0 saturated carbocycles. The van der Waals surface area contributed by atoms with Gasteiger partial charge in [-0.1, -0.05) is 0 Å². The number of aromatic amines is 1. The van der Waals surface area contributed by atoms with E-state index in [4.69, 9.17) is 4.74 Å². The number of nitrogens with one attached hydrogen (secondary N) is 2. The molecule has 0 spiro atoms. The third-order valence-corrected chi connectivity index (χ3v) is 4.67. The zero-order valence-corrected chi connectivity index (χ0v) is 15.9. The van der Waals surface area contributed by atoms with E-state index in [-0.39, 0.29) is 11.5 Å². The first-order chi connectivity index (χ1) is 14.0. The molecule has 0 radical (unpaired) electrons. The minimum atomic E-state index is -0.793. The molecule has 4 rings (SSSR count). The van der Waals surface area contributed by atoms with Gasteiger partial charge in [0.05, 0.1) is 24.5 Å². The van der Waals surface area contributed by atoms with Gasteiger partial charge in [-0.3, -0.25) is 14.7 Å². The number of hydrogen-bond acceptors (Lipinski definition) is 5. The van der Waals surface area contributed by atoms with Crippen LogP contribution in [0.15, 0.2) is 65.6 Å². The molecule has 146 valence electrons. The summed E-state index contributed by atoms with van der Waals surface area (Å²) in [5.74, 6) is 0.384. The van der Waals surface area contributed by atoms with E-state index in [0.717, 1.165) is 22.2 Å². The summed E-state index contributed by atoms with van der Waals surface area (Å²) in [6, 6.07) is 15.0. The Morgan fingerprint density at radius 2 is 1.93 bits per heavy atom. The smallest absolute Gasteiger partial charge is 0.267 e. The summed E-state index contributed by atoms with van der Waals surface area (Å²) in [5, 5.41) is 15.0. The predicted octanol–water partition coefficient (Wildman–Crippen LogP) is 2.99. The lowest BCUT2D eigenvalue weighted by Crippen LogP contribution is -2.33. The average molecular weight is 389 g/mol. The van der Waals surface area contributed by atoms with E-state index in [9.17, 15) is 9.59 Å². The number of fused-ring (bicyclic) bond motifs is 1. The number of carbonyl (C=O) groups is 1. The van der Waals surface area contributed by atoms with Crippen molar-refractivity contribution in [3.05, 3.63) is 71.1 Å². The first kappa shape index (κ1) is 18.4. The highest BCUT2D eigenvalue weighted by Crippen LogP contribution is 2.21. The Balaban J connectivity index is 1.58. The van der Waals surface area contributed by atoms with Gasteiger partial charge in [0.25, 0.3) is 5.56 Å². The number of amides is 1. The topological polar surface area (TPSA) is 102 Å². The van der Waals surface area contributed by atoms with E-state index < -0.39 is 6.04 Å². The molecular weight excluding hydrogens is 370 g/mol. The number of carbonyl (C=O) groups excluding carboxylic acids is 1. The van der Waals surface area contributed by atoms with E-state index in [1.165, 1.54) is 10.7 Å². The minimum absolute atomic E-state index is 0.342. The van der Waals surface area contributed by atoms with Crippen molar-refractivity contribution >= 4 is 22.5 Å². The summed E-state index contributed by atoms with van der Waals surface area (Å²) < 4.78 is 6.35. The van der Waals surface area contributed by atoms with Crippen LogP contribution in [0.4, 0.5) is 5.69 Å². The number of benzene rings is 2. The number of H-pyrrole nitrogens is 1. The molecular formula is C21H19N5O3. The summed E-state index contributed by atoms with van der Waals surface area (Å²) in [4.78, 5) is 25.0. The molecule has 1 unspecified atom stereocenters.